The molecular weight excluding hydrogens is 828 g/mol. The summed E-state index contributed by atoms with van der Waals surface area (Å²) < 4.78 is 1.20. The molecule has 0 aromatic rings. The lowest BCUT2D eigenvalue weighted by Gasteiger charge is -2.31. The zero-order chi connectivity index (χ0) is 42.3. The molecule has 2 unspecified atom stereocenters. The molecule has 2 rings (SSSR count). The summed E-state index contributed by atoms with van der Waals surface area (Å²) in [5, 5.41) is 2.01. The number of alkyl halides is 1. The van der Waals surface area contributed by atoms with Crippen LogP contribution in [-0.2, 0) is 0 Å². The normalized spacial score (nSPS) is 19.3. The van der Waals surface area contributed by atoms with Gasteiger partial charge in [-0.25, -0.2) is 0 Å². The van der Waals surface area contributed by atoms with Gasteiger partial charge in [0.2, 0.25) is 0 Å². The van der Waals surface area contributed by atoms with Gasteiger partial charge >= 0.3 is 0 Å². The number of thioether (sulfide) groups is 1. The van der Waals surface area contributed by atoms with Crippen molar-refractivity contribution >= 4 is 47.0 Å². The van der Waals surface area contributed by atoms with Crippen LogP contribution in [0.15, 0.2) is 121 Å². The largest absolute Gasteiger partial charge is 0.151 e. The molecule has 0 saturated heterocycles. The second kappa shape index (κ2) is 34.5. The van der Waals surface area contributed by atoms with E-state index in [9.17, 15) is 0 Å². The van der Waals surface area contributed by atoms with Gasteiger partial charge in [-0.1, -0.05) is 134 Å². The maximum atomic E-state index is 4.47. The SMILES string of the molecule is C/C=C(C)\C(CC)=C(\C)CC.C=CCC1CCC2=CCCC(C(=C=C(C)CCC/C(=C\S)C/C=C\C)C(CCC)=C(CC)CC)CS/C(C)=C/1C2.C=CCCI. The number of hydrogen-bond acceptors (Lipinski definition) is 2. The Bertz CT molecular complexity index is 1440. The number of hydrogen-bond donors (Lipinski definition) is 1. The molecule has 0 N–H and O–H groups in total. The van der Waals surface area contributed by atoms with Crippen molar-refractivity contribution in [1.29, 1.82) is 0 Å². The number of fused-ring (bicyclic) bond motifs is 2. The lowest BCUT2D eigenvalue weighted by atomic mass is 9.78. The van der Waals surface area contributed by atoms with Crippen LogP contribution in [0.5, 0.6) is 0 Å². The van der Waals surface area contributed by atoms with Crippen LogP contribution in [0.3, 0.4) is 0 Å². The fourth-order valence-corrected chi connectivity index (χ4v) is 9.66. The third kappa shape index (κ3) is 21.6. The molecule has 2 atom stereocenters. The average molecular weight is 913 g/mol. The van der Waals surface area contributed by atoms with E-state index in [0.717, 1.165) is 51.4 Å². The number of rotatable bonds is 19. The lowest BCUT2D eigenvalue weighted by Crippen LogP contribution is -2.16. The Morgan fingerprint density at radius 3 is 2.18 bits per heavy atom. The van der Waals surface area contributed by atoms with Crippen molar-refractivity contribution in [2.75, 3.05) is 10.2 Å². The molecule has 0 spiro atoms. The van der Waals surface area contributed by atoms with E-state index in [-0.39, 0.29) is 0 Å². The van der Waals surface area contributed by atoms with E-state index in [1.807, 2.05) is 11.5 Å². The highest BCUT2D eigenvalue weighted by molar-refractivity contribution is 14.1. The van der Waals surface area contributed by atoms with Gasteiger partial charge in [0.1, 0.15) is 0 Å². The van der Waals surface area contributed by atoms with Crippen molar-refractivity contribution in [2.24, 2.45) is 11.8 Å². The minimum Gasteiger partial charge on any atom is -0.151 e. The molecule has 0 radical (unpaired) electrons. The zero-order valence-corrected chi connectivity index (χ0v) is 42.1. The van der Waals surface area contributed by atoms with Gasteiger partial charge in [0.25, 0.3) is 0 Å². The summed E-state index contributed by atoms with van der Waals surface area (Å²) in [6.45, 7) is 32.4. The van der Waals surface area contributed by atoms with Crippen LogP contribution >= 0.6 is 47.0 Å². The van der Waals surface area contributed by atoms with Gasteiger partial charge in [-0.2, -0.15) is 12.6 Å². The van der Waals surface area contributed by atoms with Crippen molar-refractivity contribution in [3.05, 3.63) is 121 Å². The van der Waals surface area contributed by atoms with E-state index in [2.05, 4.69) is 172 Å². The Kier molecular flexibility index (Phi) is 33.6. The first-order chi connectivity index (χ1) is 27.0. The Morgan fingerprint density at radius 1 is 0.946 bits per heavy atom. The Morgan fingerprint density at radius 2 is 1.66 bits per heavy atom. The third-order valence-electron chi connectivity index (χ3n) is 11.4. The van der Waals surface area contributed by atoms with E-state index in [1.54, 1.807) is 27.2 Å². The molecule has 2 bridgehead atoms. The molecule has 3 heteroatoms. The van der Waals surface area contributed by atoms with Crippen LogP contribution in [0.2, 0.25) is 0 Å². The standard InChI is InChI=1S/C38H58S2.C11H20.C4H7I/c1-8-13-19-32(27-39)21-14-18-29(6)25-38(36(17-10-3)33(11-4)12-5)35-22-15-20-31-23-24-34(16-9-2)37(26-31)30(7)40-28-35;1-6-9(4)11(8-3)10(5)7-2;1-2-3-4-5/h8-9,13,20,27,34-35,39H,2,10-12,14-19,21-24,26,28H2,1,3-7H3;6H,7-8H2,1-5H3;2H,1,3-4H2/b13-8-,31-20?,32-27-,37-30+;9-6-,11-10-;. The first-order valence-corrected chi connectivity index (χ1v) is 25.2. The number of halogens is 1. The summed E-state index contributed by atoms with van der Waals surface area (Å²) in [6.07, 6.45) is 33.0. The lowest BCUT2D eigenvalue weighted by molar-refractivity contribution is 0.509. The van der Waals surface area contributed by atoms with E-state index in [1.165, 1.54) is 101 Å². The Hall–Kier alpha value is -1.39. The van der Waals surface area contributed by atoms with Gasteiger partial charge in [0.05, 0.1) is 0 Å². The summed E-state index contributed by atoms with van der Waals surface area (Å²) in [7, 11) is 0. The fourth-order valence-electron chi connectivity index (χ4n) is 7.77. The molecule has 0 amide bonds. The first kappa shape index (κ1) is 54.6. The summed E-state index contributed by atoms with van der Waals surface area (Å²) in [5.74, 6) is 2.39. The van der Waals surface area contributed by atoms with E-state index in [4.69, 9.17) is 0 Å². The van der Waals surface area contributed by atoms with Crippen LogP contribution in [-0.4, -0.2) is 10.2 Å². The second-order valence-electron chi connectivity index (χ2n) is 15.4. The molecule has 1 saturated carbocycles. The van der Waals surface area contributed by atoms with Gasteiger partial charge in [-0.05, 0) is 177 Å². The van der Waals surface area contributed by atoms with Crippen LogP contribution < -0.4 is 0 Å². The molecule has 1 fully saturated rings. The topological polar surface area (TPSA) is 0 Å². The highest BCUT2D eigenvalue weighted by Crippen LogP contribution is 2.43. The molecule has 0 aromatic heterocycles. The molecule has 2 aliphatic rings. The minimum atomic E-state index is 0.543. The minimum absolute atomic E-state index is 0.543. The molecule has 1 heterocycles. The van der Waals surface area contributed by atoms with Crippen molar-refractivity contribution in [3.63, 3.8) is 0 Å². The smallest absolute Gasteiger partial charge is 0.00519 e. The monoisotopic (exact) mass is 913 g/mol. The van der Waals surface area contributed by atoms with Crippen molar-refractivity contribution in [2.45, 2.75) is 185 Å². The van der Waals surface area contributed by atoms with Gasteiger partial charge in [-0.15, -0.1) is 30.7 Å². The van der Waals surface area contributed by atoms with Gasteiger partial charge < -0.3 is 0 Å². The Labute approximate surface area is 373 Å². The highest BCUT2D eigenvalue weighted by Gasteiger charge is 2.26. The molecule has 0 aromatic carbocycles. The van der Waals surface area contributed by atoms with Crippen molar-refractivity contribution in [3.8, 4) is 0 Å². The third-order valence-corrected chi connectivity index (χ3v) is 13.7. The maximum Gasteiger partial charge on any atom is 0.00519 e. The van der Waals surface area contributed by atoms with Gasteiger partial charge in [-0.3, -0.25) is 0 Å². The number of thiol groups is 1. The Balaban J connectivity index is 0.00000157. The second-order valence-corrected chi connectivity index (χ2v) is 18.0. The maximum absolute atomic E-state index is 4.47. The van der Waals surface area contributed by atoms with E-state index < -0.39 is 0 Å². The highest BCUT2D eigenvalue weighted by atomic mass is 127. The predicted octanol–water partition coefficient (Wildman–Crippen LogP) is 19.1. The van der Waals surface area contributed by atoms with Crippen molar-refractivity contribution < 1.29 is 0 Å². The van der Waals surface area contributed by atoms with Gasteiger partial charge in [0, 0.05) is 21.7 Å². The summed E-state index contributed by atoms with van der Waals surface area (Å²) in [4.78, 5) is 1.57. The molecule has 0 nitrogen and oxygen atoms in total. The van der Waals surface area contributed by atoms with Crippen LogP contribution in [0.4, 0.5) is 0 Å². The number of allylic oxidation sites excluding steroid dienone is 16. The van der Waals surface area contributed by atoms with Crippen LogP contribution in [0, 0.1) is 11.8 Å². The fraction of sp³-hybridized carbons (Fsp3) is 0.604. The zero-order valence-electron chi connectivity index (χ0n) is 38.3. The summed E-state index contributed by atoms with van der Waals surface area (Å²) >= 11 is 8.92. The quantitative estimate of drug-likeness (QED) is 0.0336. The van der Waals surface area contributed by atoms with Crippen LogP contribution in [0.25, 0.3) is 0 Å². The first-order valence-electron chi connectivity index (χ1n) is 22.2. The van der Waals surface area contributed by atoms with Crippen LogP contribution in [0.1, 0.15) is 185 Å². The molecule has 56 heavy (non-hydrogen) atoms. The summed E-state index contributed by atoms with van der Waals surface area (Å²) in [6, 6.07) is 0. The van der Waals surface area contributed by atoms with E-state index >= 15 is 0 Å². The van der Waals surface area contributed by atoms with E-state index in [0.29, 0.717) is 11.8 Å². The molecular formula is C53H85IS2. The molecule has 1 aliphatic heterocycles. The van der Waals surface area contributed by atoms with Crippen molar-refractivity contribution in [1.82, 2.24) is 0 Å². The van der Waals surface area contributed by atoms with Gasteiger partial charge in [0.15, 0.2) is 0 Å². The summed E-state index contributed by atoms with van der Waals surface area (Å²) in [5.41, 5.74) is 19.6. The predicted molar refractivity (Wildman–Crippen MR) is 274 cm³/mol. The molecule has 1 aliphatic carbocycles. The molecule has 316 valence electrons. The average Bonchev–Trinajstić information content (AvgIpc) is 3.20.